The van der Waals surface area contributed by atoms with Crippen LogP contribution in [-0.4, -0.2) is 39.7 Å². The molecule has 1 amide bonds. The number of hydrogen-bond donors (Lipinski definition) is 0. The van der Waals surface area contributed by atoms with Crippen LogP contribution in [0.1, 0.15) is 38.3 Å². The number of para-hydroxylation sites is 1. The number of alkyl halides is 1. The van der Waals surface area contributed by atoms with Crippen molar-refractivity contribution in [2.45, 2.75) is 32.6 Å². The minimum absolute atomic E-state index is 0.0556. The van der Waals surface area contributed by atoms with Crippen molar-refractivity contribution in [2.75, 3.05) is 19.0 Å². The topological polar surface area (TPSA) is 55.3 Å². The fourth-order valence-corrected chi connectivity index (χ4v) is 3.48. The molecule has 1 fully saturated rings. The predicted octanol–water partition coefficient (Wildman–Crippen LogP) is 4.89. The Bertz CT molecular complexity index is 813. The lowest BCUT2D eigenvalue weighted by molar-refractivity contribution is -0.140. The average molecular weight is 408 g/mol. The van der Waals surface area contributed by atoms with Gasteiger partial charge in [0.25, 0.3) is 0 Å². The standard InChI is InChI=1S/C20H23Cl2N3O2/c1-20(2,13-21)19(26)25-11-5-6-14(12-25)17-18(24-10-9-23-17)27-16-8-4-3-7-15(16)22/h3-4,7-10,14H,5-6,11-13H2,1-2H3. The van der Waals surface area contributed by atoms with E-state index in [-0.39, 0.29) is 11.8 Å². The zero-order chi connectivity index (χ0) is 19.4. The lowest BCUT2D eigenvalue weighted by Gasteiger charge is -2.37. The molecular weight excluding hydrogens is 385 g/mol. The fourth-order valence-electron chi connectivity index (χ4n) is 3.20. The average Bonchev–Trinajstić information content (AvgIpc) is 2.69. The molecule has 1 atom stereocenters. The first-order valence-electron chi connectivity index (χ1n) is 9.01. The third kappa shape index (κ3) is 4.53. The number of likely N-dealkylation sites (tertiary alicyclic amines) is 1. The van der Waals surface area contributed by atoms with Crippen molar-refractivity contribution in [3.8, 4) is 11.6 Å². The molecule has 0 radical (unpaired) electrons. The Morgan fingerprint density at radius 2 is 2.04 bits per heavy atom. The number of benzene rings is 1. The molecule has 1 aliphatic heterocycles. The maximum Gasteiger partial charge on any atom is 0.241 e. The summed E-state index contributed by atoms with van der Waals surface area (Å²) in [6.45, 7) is 5.06. The van der Waals surface area contributed by atoms with Gasteiger partial charge in [-0.3, -0.25) is 9.78 Å². The number of hydrogen-bond acceptors (Lipinski definition) is 4. The van der Waals surface area contributed by atoms with Gasteiger partial charge in [0, 0.05) is 37.3 Å². The van der Waals surface area contributed by atoms with E-state index in [1.165, 1.54) is 0 Å². The number of ether oxygens (including phenoxy) is 1. The highest BCUT2D eigenvalue weighted by Crippen LogP contribution is 2.35. The summed E-state index contributed by atoms with van der Waals surface area (Å²) in [6.07, 6.45) is 5.07. The van der Waals surface area contributed by atoms with Gasteiger partial charge in [-0.1, -0.05) is 23.7 Å². The monoisotopic (exact) mass is 407 g/mol. The summed E-state index contributed by atoms with van der Waals surface area (Å²) in [5.74, 6) is 1.38. The zero-order valence-electron chi connectivity index (χ0n) is 15.5. The van der Waals surface area contributed by atoms with Crippen LogP contribution in [0.25, 0.3) is 0 Å². The van der Waals surface area contributed by atoms with Gasteiger partial charge in [-0.2, -0.15) is 0 Å². The number of carbonyl (C=O) groups excluding carboxylic acids is 1. The van der Waals surface area contributed by atoms with Gasteiger partial charge < -0.3 is 9.64 Å². The van der Waals surface area contributed by atoms with Crippen LogP contribution in [0, 0.1) is 5.41 Å². The lowest BCUT2D eigenvalue weighted by Crippen LogP contribution is -2.46. The third-order valence-electron chi connectivity index (χ3n) is 4.74. The van der Waals surface area contributed by atoms with Gasteiger partial charge >= 0.3 is 0 Å². The Labute approximate surface area is 169 Å². The van der Waals surface area contributed by atoms with Gasteiger partial charge in [0.2, 0.25) is 11.8 Å². The fraction of sp³-hybridized carbons (Fsp3) is 0.450. The molecule has 0 spiro atoms. The number of amides is 1. The van der Waals surface area contributed by atoms with Crippen LogP contribution in [0.4, 0.5) is 0 Å². The Kier molecular flexibility index (Phi) is 6.22. The molecule has 1 saturated heterocycles. The first-order valence-corrected chi connectivity index (χ1v) is 9.92. The molecule has 1 aromatic carbocycles. The van der Waals surface area contributed by atoms with E-state index in [4.69, 9.17) is 27.9 Å². The van der Waals surface area contributed by atoms with E-state index in [0.717, 1.165) is 25.1 Å². The van der Waals surface area contributed by atoms with Crippen LogP contribution in [-0.2, 0) is 4.79 Å². The Balaban J connectivity index is 1.82. The summed E-state index contributed by atoms with van der Waals surface area (Å²) in [4.78, 5) is 23.6. The van der Waals surface area contributed by atoms with E-state index < -0.39 is 5.41 Å². The van der Waals surface area contributed by atoms with Gasteiger partial charge in [0.05, 0.1) is 10.4 Å². The van der Waals surface area contributed by atoms with Crippen molar-refractivity contribution in [2.24, 2.45) is 5.41 Å². The highest BCUT2D eigenvalue weighted by atomic mass is 35.5. The molecule has 1 aliphatic rings. The first kappa shape index (κ1) is 19.9. The highest BCUT2D eigenvalue weighted by Gasteiger charge is 2.35. The molecule has 1 unspecified atom stereocenters. The highest BCUT2D eigenvalue weighted by molar-refractivity contribution is 6.32. The zero-order valence-corrected chi connectivity index (χ0v) is 17.0. The minimum atomic E-state index is -0.581. The summed E-state index contributed by atoms with van der Waals surface area (Å²) in [5, 5.41) is 0.512. The van der Waals surface area contributed by atoms with Crippen molar-refractivity contribution in [1.82, 2.24) is 14.9 Å². The molecule has 0 N–H and O–H groups in total. The maximum absolute atomic E-state index is 12.8. The minimum Gasteiger partial charge on any atom is -0.436 e. The van der Waals surface area contributed by atoms with Gasteiger partial charge in [-0.25, -0.2) is 4.98 Å². The molecule has 0 saturated carbocycles. The Morgan fingerprint density at radius 3 is 2.78 bits per heavy atom. The number of carbonyl (C=O) groups is 1. The molecule has 27 heavy (non-hydrogen) atoms. The van der Waals surface area contributed by atoms with Gasteiger partial charge in [-0.05, 0) is 38.8 Å². The van der Waals surface area contributed by atoms with Crippen molar-refractivity contribution in [1.29, 1.82) is 0 Å². The molecule has 0 aliphatic carbocycles. The van der Waals surface area contributed by atoms with Crippen LogP contribution in [0.15, 0.2) is 36.7 Å². The van der Waals surface area contributed by atoms with Crippen LogP contribution >= 0.6 is 23.2 Å². The Hall–Kier alpha value is -1.85. The third-order valence-corrected chi connectivity index (χ3v) is 5.72. The number of halogens is 2. The molecule has 144 valence electrons. The lowest BCUT2D eigenvalue weighted by atomic mass is 9.89. The predicted molar refractivity (Wildman–Crippen MR) is 107 cm³/mol. The van der Waals surface area contributed by atoms with Crippen LogP contribution in [0.2, 0.25) is 5.02 Å². The summed E-state index contributed by atoms with van der Waals surface area (Å²) in [6, 6.07) is 7.26. The summed E-state index contributed by atoms with van der Waals surface area (Å²) >= 11 is 12.2. The van der Waals surface area contributed by atoms with Crippen LogP contribution in [0.3, 0.4) is 0 Å². The van der Waals surface area contributed by atoms with E-state index in [2.05, 4.69) is 9.97 Å². The van der Waals surface area contributed by atoms with Crippen LogP contribution in [0.5, 0.6) is 11.6 Å². The largest absolute Gasteiger partial charge is 0.436 e. The smallest absolute Gasteiger partial charge is 0.241 e. The van der Waals surface area contributed by atoms with Gasteiger partial charge in [-0.15, -0.1) is 11.6 Å². The summed E-state index contributed by atoms with van der Waals surface area (Å²) in [5.41, 5.74) is 0.168. The second-order valence-electron chi connectivity index (χ2n) is 7.39. The Morgan fingerprint density at radius 1 is 1.30 bits per heavy atom. The normalized spacial score (nSPS) is 17.6. The molecular formula is C20H23Cl2N3O2. The quantitative estimate of drug-likeness (QED) is 0.661. The van der Waals surface area contributed by atoms with Crippen LogP contribution < -0.4 is 4.74 Å². The van der Waals surface area contributed by atoms with Crippen molar-refractivity contribution < 1.29 is 9.53 Å². The van der Waals surface area contributed by atoms with Crippen molar-refractivity contribution >= 4 is 29.1 Å². The van der Waals surface area contributed by atoms with Gasteiger partial charge in [0.15, 0.2) is 0 Å². The first-order chi connectivity index (χ1) is 12.9. The number of rotatable bonds is 5. The number of piperidine rings is 1. The SMILES string of the molecule is CC(C)(CCl)C(=O)N1CCCC(c2nccnc2Oc2ccccc2Cl)C1. The van der Waals surface area contributed by atoms with E-state index in [1.54, 1.807) is 24.5 Å². The van der Waals surface area contributed by atoms with E-state index in [9.17, 15) is 4.79 Å². The molecule has 3 rings (SSSR count). The van der Waals surface area contributed by atoms with E-state index in [1.807, 2.05) is 30.9 Å². The maximum atomic E-state index is 12.8. The molecule has 2 heterocycles. The summed E-state index contributed by atoms with van der Waals surface area (Å²) in [7, 11) is 0. The molecule has 5 nitrogen and oxygen atoms in total. The van der Waals surface area contributed by atoms with Crippen molar-refractivity contribution in [3.05, 3.63) is 47.4 Å². The van der Waals surface area contributed by atoms with Crippen molar-refractivity contribution in [3.63, 3.8) is 0 Å². The second kappa shape index (κ2) is 8.44. The second-order valence-corrected chi connectivity index (χ2v) is 8.06. The number of aromatic nitrogens is 2. The molecule has 0 bridgehead atoms. The van der Waals surface area contributed by atoms with E-state index >= 15 is 0 Å². The molecule has 1 aromatic heterocycles. The molecule has 7 heteroatoms. The molecule has 2 aromatic rings. The summed E-state index contributed by atoms with van der Waals surface area (Å²) < 4.78 is 5.95. The van der Waals surface area contributed by atoms with E-state index in [0.29, 0.717) is 29.1 Å². The number of nitrogens with zero attached hydrogens (tertiary/aromatic N) is 3. The van der Waals surface area contributed by atoms with Gasteiger partial charge in [0.1, 0.15) is 11.4 Å².